The van der Waals surface area contributed by atoms with E-state index in [0.29, 0.717) is 18.2 Å². The van der Waals surface area contributed by atoms with Gasteiger partial charge in [-0.15, -0.1) is 11.3 Å². The molecule has 0 aliphatic rings. The van der Waals surface area contributed by atoms with Gasteiger partial charge in [0.1, 0.15) is 16.7 Å². The van der Waals surface area contributed by atoms with Crippen LogP contribution in [0, 0.1) is 11.3 Å². The molecule has 0 bridgehead atoms. The van der Waals surface area contributed by atoms with Crippen LogP contribution >= 0.6 is 11.3 Å². The molecule has 3 aromatic heterocycles. The summed E-state index contributed by atoms with van der Waals surface area (Å²) in [7, 11) is 3.94. The fourth-order valence-corrected chi connectivity index (χ4v) is 3.59. The van der Waals surface area contributed by atoms with E-state index in [4.69, 9.17) is 0 Å². The highest BCUT2D eigenvalue weighted by atomic mass is 32.1. The van der Waals surface area contributed by atoms with E-state index in [-0.39, 0.29) is 0 Å². The molecule has 3 rings (SSSR count). The van der Waals surface area contributed by atoms with Crippen LogP contribution in [0.4, 0.5) is 11.8 Å². The van der Waals surface area contributed by atoms with Crippen LogP contribution in [0.1, 0.15) is 34.8 Å². The minimum Gasteiger partial charge on any atom is -0.363 e. The van der Waals surface area contributed by atoms with Gasteiger partial charge in [0.15, 0.2) is 0 Å². The van der Waals surface area contributed by atoms with Crippen molar-refractivity contribution in [1.82, 2.24) is 19.9 Å². The molecule has 144 valence electrons. The maximum atomic E-state index is 9.62. The molecule has 0 spiro atoms. The molecule has 0 amide bonds. The van der Waals surface area contributed by atoms with Gasteiger partial charge in [-0.2, -0.15) is 5.26 Å². The van der Waals surface area contributed by atoms with Gasteiger partial charge in [0.2, 0.25) is 5.95 Å². The maximum absolute atomic E-state index is 9.62. The summed E-state index contributed by atoms with van der Waals surface area (Å²) in [5, 5.41) is 15.6. The highest BCUT2D eigenvalue weighted by molar-refractivity contribution is 7.09. The highest BCUT2D eigenvalue weighted by Crippen LogP contribution is 2.26. The van der Waals surface area contributed by atoms with Crippen molar-refractivity contribution < 1.29 is 0 Å². The molecule has 0 saturated heterocycles. The van der Waals surface area contributed by atoms with E-state index in [1.165, 1.54) is 11.3 Å². The van der Waals surface area contributed by atoms with Gasteiger partial charge in [0.05, 0.1) is 17.5 Å². The Balaban J connectivity index is 1.63. The van der Waals surface area contributed by atoms with Gasteiger partial charge >= 0.3 is 0 Å². The molecule has 1 N–H and O–H groups in total. The van der Waals surface area contributed by atoms with Crippen molar-refractivity contribution in [3.05, 3.63) is 57.9 Å². The van der Waals surface area contributed by atoms with Gasteiger partial charge in [0.25, 0.3) is 0 Å². The molecule has 1 unspecified atom stereocenters. The molecule has 0 saturated carbocycles. The van der Waals surface area contributed by atoms with E-state index in [9.17, 15) is 5.26 Å². The SMILES string of the molecule is CCc1csc(C(C#N)c2ccnc(NCCc3ccc(N(C)C)nc3)n2)n1. The van der Waals surface area contributed by atoms with Crippen molar-refractivity contribution in [2.75, 3.05) is 30.9 Å². The van der Waals surface area contributed by atoms with Crippen molar-refractivity contribution in [3.63, 3.8) is 0 Å². The summed E-state index contributed by atoms with van der Waals surface area (Å²) < 4.78 is 0. The molecular formula is C20H23N7S. The van der Waals surface area contributed by atoms with Crippen molar-refractivity contribution in [2.45, 2.75) is 25.7 Å². The van der Waals surface area contributed by atoms with Crippen molar-refractivity contribution in [1.29, 1.82) is 5.26 Å². The van der Waals surface area contributed by atoms with Crippen LogP contribution in [0.5, 0.6) is 0 Å². The molecular weight excluding hydrogens is 370 g/mol. The van der Waals surface area contributed by atoms with E-state index < -0.39 is 5.92 Å². The average Bonchev–Trinajstić information content (AvgIpc) is 3.18. The topological polar surface area (TPSA) is 90.6 Å². The van der Waals surface area contributed by atoms with Gasteiger partial charge in [-0.05, 0) is 30.5 Å². The maximum Gasteiger partial charge on any atom is 0.222 e. The Hall–Kier alpha value is -3.05. The lowest BCUT2D eigenvalue weighted by Gasteiger charge is -2.11. The standard InChI is InChI=1S/C20H23N7S/c1-4-15-13-28-19(25-15)16(11-21)17-8-10-23-20(26-17)22-9-7-14-5-6-18(24-12-14)27(2)3/h5-6,8,10,12-13,16H,4,7,9H2,1-3H3,(H,22,23,26). The Morgan fingerprint density at radius 3 is 2.71 bits per heavy atom. The number of anilines is 2. The van der Waals surface area contributed by atoms with Crippen LogP contribution < -0.4 is 10.2 Å². The number of thiazole rings is 1. The number of rotatable bonds is 8. The van der Waals surface area contributed by atoms with Gasteiger partial charge in [-0.3, -0.25) is 0 Å². The lowest BCUT2D eigenvalue weighted by Crippen LogP contribution is -2.12. The molecule has 3 aromatic rings. The first-order chi connectivity index (χ1) is 13.6. The van der Waals surface area contributed by atoms with E-state index >= 15 is 0 Å². The third-order valence-electron chi connectivity index (χ3n) is 4.24. The highest BCUT2D eigenvalue weighted by Gasteiger charge is 2.19. The third kappa shape index (κ3) is 4.81. The minimum absolute atomic E-state index is 0.475. The number of pyridine rings is 1. The van der Waals surface area contributed by atoms with Crippen LogP contribution in [-0.4, -0.2) is 40.6 Å². The van der Waals surface area contributed by atoms with Crippen LogP contribution in [-0.2, 0) is 12.8 Å². The Bertz CT molecular complexity index is 944. The van der Waals surface area contributed by atoms with Gasteiger partial charge in [-0.25, -0.2) is 19.9 Å². The second kappa shape index (κ2) is 9.24. The quantitative estimate of drug-likeness (QED) is 0.628. The zero-order valence-corrected chi connectivity index (χ0v) is 17.1. The molecule has 7 nitrogen and oxygen atoms in total. The van der Waals surface area contributed by atoms with E-state index in [1.807, 2.05) is 36.6 Å². The second-order valence-electron chi connectivity index (χ2n) is 6.49. The summed E-state index contributed by atoms with van der Waals surface area (Å²) in [6.45, 7) is 2.73. The lowest BCUT2D eigenvalue weighted by atomic mass is 10.1. The van der Waals surface area contributed by atoms with Crippen LogP contribution in [0.15, 0.2) is 36.0 Å². The average molecular weight is 394 g/mol. The number of nitrogens with zero attached hydrogens (tertiary/aromatic N) is 6. The van der Waals surface area contributed by atoms with E-state index in [2.05, 4.69) is 44.3 Å². The lowest BCUT2D eigenvalue weighted by molar-refractivity contribution is 0.901. The first-order valence-electron chi connectivity index (χ1n) is 9.13. The summed E-state index contributed by atoms with van der Waals surface area (Å²) in [4.78, 5) is 19.7. The predicted octanol–water partition coefficient (Wildman–Crippen LogP) is 3.27. The molecule has 0 aliphatic carbocycles. The van der Waals surface area contributed by atoms with Crippen LogP contribution in [0.2, 0.25) is 0 Å². The zero-order valence-electron chi connectivity index (χ0n) is 16.3. The number of nitriles is 1. The first kappa shape index (κ1) is 19.7. The van der Waals surface area contributed by atoms with Gasteiger partial charge in [0, 0.05) is 38.4 Å². The van der Waals surface area contributed by atoms with Crippen molar-refractivity contribution >= 4 is 23.1 Å². The smallest absolute Gasteiger partial charge is 0.222 e. The summed E-state index contributed by atoms with van der Waals surface area (Å²) in [5.41, 5.74) is 2.80. The van der Waals surface area contributed by atoms with Crippen molar-refractivity contribution in [2.24, 2.45) is 0 Å². The summed E-state index contributed by atoms with van der Waals surface area (Å²) in [6.07, 6.45) is 5.22. The fraction of sp³-hybridized carbons (Fsp3) is 0.350. The largest absolute Gasteiger partial charge is 0.363 e. The summed E-state index contributed by atoms with van der Waals surface area (Å²) in [5.74, 6) is 0.975. The van der Waals surface area contributed by atoms with Crippen LogP contribution in [0.25, 0.3) is 0 Å². The predicted molar refractivity (Wildman–Crippen MR) is 112 cm³/mol. The molecule has 8 heteroatoms. The molecule has 3 heterocycles. The third-order valence-corrected chi connectivity index (χ3v) is 5.20. The molecule has 1 atom stereocenters. The fourth-order valence-electron chi connectivity index (χ4n) is 2.63. The monoisotopic (exact) mass is 393 g/mol. The number of hydrogen-bond donors (Lipinski definition) is 1. The van der Waals surface area contributed by atoms with E-state index in [0.717, 1.165) is 34.9 Å². The Morgan fingerprint density at radius 1 is 1.21 bits per heavy atom. The Morgan fingerprint density at radius 2 is 2.07 bits per heavy atom. The first-order valence-corrected chi connectivity index (χ1v) is 10.0. The zero-order chi connectivity index (χ0) is 19.9. The molecule has 0 fully saturated rings. The van der Waals surface area contributed by atoms with Gasteiger partial charge < -0.3 is 10.2 Å². The molecule has 0 aliphatic heterocycles. The van der Waals surface area contributed by atoms with Crippen LogP contribution in [0.3, 0.4) is 0 Å². The number of aromatic nitrogens is 4. The molecule has 28 heavy (non-hydrogen) atoms. The van der Waals surface area contributed by atoms with E-state index in [1.54, 1.807) is 12.3 Å². The number of nitrogens with one attached hydrogen (secondary N) is 1. The molecule has 0 aromatic carbocycles. The molecule has 0 radical (unpaired) electrons. The number of aryl methyl sites for hydroxylation is 1. The number of hydrogen-bond acceptors (Lipinski definition) is 8. The summed E-state index contributed by atoms with van der Waals surface area (Å²) in [6, 6.07) is 8.16. The summed E-state index contributed by atoms with van der Waals surface area (Å²) >= 11 is 1.50. The Labute approximate surface area is 169 Å². The minimum atomic E-state index is -0.475. The normalized spacial score (nSPS) is 11.6. The second-order valence-corrected chi connectivity index (χ2v) is 7.38. The van der Waals surface area contributed by atoms with Gasteiger partial charge in [-0.1, -0.05) is 13.0 Å². The Kier molecular flexibility index (Phi) is 6.50. The van der Waals surface area contributed by atoms with Crippen molar-refractivity contribution in [3.8, 4) is 6.07 Å².